The lowest BCUT2D eigenvalue weighted by Crippen LogP contribution is -2.54. The number of rotatable bonds is 7. The number of primary amides is 1. The van der Waals surface area contributed by atoms with Crippen molar-refractivity contribution in [1.82, 2.24) is 15.3 Å². The Hall–Kier alpha value is -2.57. The molecule has 0 radical (unpaired) electrons. The van der Waals surface area contributed by atoms with Crippen LogP contribution in [-0.2, 0) is 23.3 Å². The molecule has 0 saturated heterocycles. The second kappa shape index (κ2) is 8.21. The molecule has 1 aromatic carbocycles. The van der Waals surface area contributed by atoms with E-state index in [1.807, 2.05) is 48.5 Å². The Bertz CT molecular complexity index is 873. The fraction of sp³-hybridized carbons (Fsp3) is 0.150. The van der Waals surface area contributed by atoms with Crippen molar-refractivity contribution in [3.05, 3.63) is 94.5 Å². The molecule has 5 nitrogen and oxygen atoms in total. The summed E-state index contributed by atoms with van der Waals surface area (Å²) in [5.74, 6) is -0.435. The molecule has 6 heteroatoms. The van der Waals surface area contributed by atoms with Crippen LogP contribution in [0.3, 0.4) is 0 Å². The fourth-order valence-electron chi connectivity index (χ4n) is 2.93. The van der Waals surface area contributed by atoms with Gasteiger partial charge >= 0.3 is 0 Å². The lowest BCUT2D eigenvalue weighted by atomic mass is 9.83. The van der Waals surface area contributed by atoms with Gasteiger partial charge in [0.1, 0.15) is 5.54 Å². The van der Waals surface area contributed by atoms with E-state index in [-0.39, 0.29) is 0 Å². The van der Waals surface area contributed by atoms with Crippen molar-refractivity contribution in [2.75, 3.05) is 0 Å². The van der Waals surface area contributed by atoms with E-state index in [1.165, 1.54) is 0 Å². The van der Waals surface area contributed by atoms with Crippen LogP contribution in [-0.4, -0.2) is 15.9 Å². The number of halogens is 1. The van der Waals surface area contributed by atoms with Crippen molar-refractivity contribution in [3.63, 3.8) is 0 Å². The minimum absolute atomic E-state index is 0.415. The monoisotopic (exact) mass is 410 g/mol. The maximum absolute atomic E-state index is 12.7. The summed E-state index contributed by atoms with van der Waals surface area (Å²) >= 11 is 3.57. The third kappa shape index (κ3) is 3.98. The number of amides is 1. The molecule has 0 aliphatic carbocycles. The minimum atomic E-state index is -1.06. The highest BCUT2D eigenvalue weighted by atomic mass is 79.9. The smallest absolute Gasteiger partial charge is 0.242 e. The summed E-state index contributed by atoms with van der Waals surface area (Å²) in [5.41, 5.74) is 7.66. The van der Waals surface area contributed by atoms with Crippen LogP contribution < -0.4 is 11.1 Å². The SMILES string of the molecule is NC(=O)C(Cc1ccncc1)(NCc1ccncc1)c1ccccc1Br. The Morgan fingerprint density at radius 3 is 2.12 bits per heavy atom. The lowest BCUT2D eigenvalue weighted by Gasteiger charge is -2.33. The first-order valence-corrected chi connectivity index (χ1v) is 8.99. The summed E-state index contributed by atoms with van der Waals surface area (Å²) < 4.78 is 0.829. The van der Waals surface area contributed by atoms with E-state index >= 15 is 0 Å². The zero-order chi connectivity index (χ0) is 18.4. The van der Waals surface area contributed by atoms with Crippen LogP contribution >= 0.6 is 15.9 Å². The number of carbonyl (C=O) groups is 1. The molecule has 2 heterocycles. The third-order valence-electron chi connectivity index (χ3n) is 4.32. The average molecular weight is 411 g/mol. The van der Waals surface area contributed by atoms with Crippen LogP contribution in [0.15, 0.2) is 77.8 Å². The first kappa shape index (κ1) is 18.2. The minimum Gasteiger partial charge on any atom is -0.368 e. The quantitative estimate of drug-likeness (QED) is 0.627. The van der Waals surface area contributed by atoms with Crippen LogP contribution in [0.5, 0.6) is 0 Å². The maximum Gasteiger partial charge on any atom is 0.242 e. The van der Waals surface area contributed by atoms with Crippen LogP contribution in [0.25, 0.3) is 0 Å². The van der Waals surface area contributed by atoms with Gasteiger partial charge in [0.15, 0.2) is 0 Å². The zero-order valence-corrected chi connectivity index (χ0v) is 15.7. The largest absolute Gasteiger partial charge is 0.368 e. The highest BCUT2D eigenvalue weighted by Gasteiger charge is 2.39. The molecular weight excluding hydrogens is 392 g/mol. The number of nitrogens with zero attached hydrogens (tertiary/aromatic N) is 2. The van der Waals surface area contributed by atoms with E-state index in [2.05, 4.69) is 31.2 Å². The Labute approximate surface area is 160 Å². The van der Waals surface area contributed by atoms with Crippen LogP contribution in [0.4, 0.5) is 0 Å². The summed E-state index contributed by atoms with van der Waals surface area (Å²) in [6.07, 6.45) is 7.29. The van der Waals surface area contributed by atoms with Crippen LogP contribution in [0, 0.1) is 0 Å². The molecule has 3 N–H and O–H groups in total. The van der Waals surface area contributed by atoms with Gasteiger partial charge in [-0.05, 0) is 47.0 Å². The molecule has 0 bridgehead atoms. The molecular formula is C20H19BrN4O. The Morgan fingerprint density at radius 1 is 0.962 bits per heavy atom. The molecule has 3 aromatic rings. The van der Waals surface area contributed by atoms with Gasteiger partial charge in [-0.25, -0.2) is 0 Å². The number of nitrogens with two attached hydrogens (primary N) is 1. The molecule has 0 spiro atoms. The second-order valence-corrected chi connectivity index (χ2v) is 6.85. The molecule has 0 aliphatic heterocycles. The maximum atomic E-state index is 12.7. The van der Waals surface area contributed by atoms with Gasteiger partial charge in [0, 0.05) is 42.2 Å². The van der Waals surface area contributed by atoms with Crippen molar-refractivity contribution in [1.29, 1.82) is 0 Å². The van der Waals surface area contributed by atoms with Gasteiger partial charge in [-0.15, -0.1) is 0 Å². The van der Waals surface area contributed by atoms with Crippen molar-refractivity contribution in [2.24, 2.45) is 5.73 Å². The highest BCUT2D eigenvalue weighted by Crippen LogP contribution is 2.32. The van der Waals surface area contributed by atoms with Crippen molar-refractivity contribution in [3.8, 4) is 0 Å². The van der Waals surface area contributed by atoms with E-state index in [0.717, 1.165) is 21.2 Å². The van der Waals surface area contributed by atoms with Gasteiger partial charge in [-0.1, -0.05) is 34.1 Å². The van der Waals surface area contributed by atoms with Crippen molar-refractivity contribution in [2.45, 2.75) is 18.5 Å². The predicted octanol–water partition coefficient (Wildman–Crippen LogP) is 2.95. The number of hydrogen-bond acceptors (Lipinski definition) is 4. The topological polar surface area (TPSA) is 80.9 Å². The zero-order valence-electron chi connectivity index (χ0n) is 14.1. The van der Waals surface area contributed by atoms with Crippen molar-refractivity contribution < 1.29 is 4.79 Å². The summed E-state index contributed by atoms with van der Waals surface area (Å²) in [5, 5.41) is 3.40. The number of nitrogens with one attached hydrogen (secondary N) is 1. The van der Waals surface area contributed by atoms with E-state index in [0.29, 0.717) is 13.0 Å². The Balaban J connectivity index is 2.03. The van der Waals surface area contributed by atoms with Crippen LogP contribution in [0.2, 0.25) is 0 Å². The van der Waals surface area contributed by atoms with E-state index in [9.17, 15) is 4.79 Å². The normalized spacial score (nSPS) is 13.1. The van der Waals surface area contributed by atoms with E-state index in [4.69, 9.17) is 5.73 Å². The van der Waals surface area contributed by atoms with E-state index < -0.39 is 11.4 Å². The molecule has 26 heavy (non-hydrogen) atoms. The van der Waals surface area contributed by atoms with E-state index in [1.54, 1.807) is 24.8 Å². The fourth-order valence-corrected chi connectivity index (χ4v) is 3.55. The molecule has 0 aliphatic rings. The van der Waals surface area contributed by atoms with Gasteiger partial charge in [0.2, 0.25) is 5.91 Å². The summed E-state index contributed by atoms with van der Waals surface area (Å²) in [4.78, 5) is 20.8. The van der Waals surface area contributed by atoms with Gasteiger partial charge in [0.05, 0.1) is 0 Å². The Morgan fingerprint density at radius 2 is 1.54 bits per heavy atom. The molecule has 2 aromatic heterocycles. The number of carbonyl (C=O) groups excluding carboxylic acids is 1. The summed E-state index contributed by atoms with van der Waals surface area (Å²) in [6, 6.07) is 15.2. The Kier molecular flexibility index (Phi) is 5.75. The number of benzene rings is 1. The number of hydrogen-bond donors (Lipinski definition) is 2. The molecule has 1 atom stereocenters. The molecule has 3 rings (SSSR count). The van der Waals surface area contributed by atoms with Gasteiger partial charge < -0.3 is 5.73 Å². The summed E-state index contributed by atoms with van der Waals surface area (Å²) in [6.45, 7) is 0.484. The third-order valence-corrected chi connectivity index (χ3v) is 5.01. The molecule has 0 saturated carbocycles. The van der Waals surface area contributed by atoms with Gasteiger partial charge in [-0.3, -0.25) is 20.1 Å². The molecule has 1 amide bonds. The first-order chi connectivity index (χ1) is 12.6. The number of aromatic nitrogens is 2. The first-order valence-electron chi connectivity index (χ1n) is 8.19. The van der Waals surface area contributed by atoms with Gasteiger partial charge in [-0.2, -0.15) is 0 Å². The van der Waals surface area contributed by atoms with Crippen molar-refractivity contribution >= 4 is 21.8 Å². The lowest BCUT2D eigenvalue weighted by molar-refractivity contribution is -0.125. The predicted molar refractivity (Wildman–Crippen MR) is 104 cm³/mol. The van der Waals surface area contributed by atoms with Crippen LogP contribution in [0.1, 0.15) is 16.7 Å². The molecule has 1 unspecified atom stereocenters. The highest BCUT2D eigenvalue weighted by molar-refractivity contribution is 9.10. The summed E-state index contributed by atoms with van der Waals surface area (Å²) in [7, 11) is 0. The standard InChI is InChI=1S/C20H19BrN4O/c21-18-4-2-1-3-17(18)20(19(22)26,13-15-5-9-23-10-6-15)25-14-16-7-11-24-12-8-16/h1-12,25H,13-14H2,(H2,22,26). The van der Waals surface area contributed by atoms with Gasteiger partial charge in [0.25, 0.3) is 0 Å². The number of pyridine rings is 2. The average Bonchev–Trinajstić information content (AvgIpc) is 2.67. The molecule has 132 valence electrons. The molecule has 0 fully saturated rings. The second-order valence-electron chi connectivity index (χ2n) is 5.99.